The topological polar surface area (TPSA) is 88.8 Å². The molecule has 1 N–H and O–H groups in total. The van der Waals surface area contributed by atoms with Crippen molar-refractivity contribution in [3.8, 4) is 5.82 Å². The normalized spacial score (nSPS) is 15.0. The quantitative estimate of drug-likeness (QED) is 0.772. The fourth-order valence-electron chi connectivity index (χ4n) is 3.05. The zero-order valence-electron chi connectivity index (χ0n) is 14.2. The number of pyridine rings is 1. The summed E-state index contributed by atoms with van der Waals surface area (Å²) in [6.07, 6.45) is 8.53. The summed E-state index contributed by atoms with van der Waals surface area (Å²) in [7, 11) is 0. The van der Waals surface area contributed by atoms with E-state index in [9.17, 15) is 4.79 Å². The molecule has 26 heavy (non-hydrogen) atoms. The van der Waals surface area contributed by atoms with E-state index in [-0.39, 0.29) is 5.91 Å². The van der Waals surface area contributed by atoms with E-state index in [2.05, 4.69) is 25.6 Å². The van der Waals surface area contributed by atoms with Gasteiger partial charge in [-0.1, -0.05) is 0 Å². The van der Waals surface area contributed by atoms with Crippen LogP contribution in [-0.2, 0) is 0 Å². The van der Waals surface area contributed by atoms with Gasteiger partial charge in [-0.05, 0) is 43.2 Å². The molecule has 8 nitrogen and oxygen atoms in total. The van der Waals surface area contributed by atoms with Crippen LogP contribution >= 0.6 is 0 Å². The molecule has 4 heterocycles. The molecule has 8 heteroatoms. The highest BCUT2D eigenvalue weighted by atomic mass is 16.2. The molecular weight excluding hydrogens is 330 g/mol. The van der Waals surface area contributed by atoms with Crippen LogP contribution in [-0.4, -0.2) is 54.9 Å². The molecule has 1 aliphatic rings. The van der Waals surface area contributed by atoms with Crippen molar-refractivity contribution in [3.63, 3.8) is 0 Å². The number of amides is 1. The Kier molecular flexibility index (Phi) is 4.55. The Bertz CT molecular complexity index is 841. The number of hydrogen-bond donors (Lipinski definition) is 1. The lowest BCUT2D eigenvalue weighted by molar-refractivity contribution is 0.0718. The van der Waals surface area contributed by atoms with Gasteiger partial charge in [0.15, 0.2) is 5.82 Å². The van der Waals surface area contributed by atoms with E-state index in [4.69, 9.17) is 0 Å². The first kappa shape index (κ1) is 16.2. The Hall–Kier alpha value is -3.29. The van der Waals surface area contributed by atoms with E-state index in [1.807, 2.05) is 35.4 Å². The molecule has 1 fully saturated rings. The fourth-order valence-corrected chi connectivity index (χ4v) is 3.05. The second-order valence-electron chi connectivity index (χ2n) is 6.18. The van der Waals surface area contributed by atoms with Crippen LogP contribution in [0.25, 0.3) is 5.82 Å². The Morgan fingerprint density at radius 3 is 2.65 bits per heavy atom. The first-order valence-electron chi connectivity index (χ1n) is 8.59. The molecule has 3 aromatic heterocycles. The molecule has 3 aromatic rings. The van der Waals surface area contributed by atoms with E-state index in [1.165, 1.54) is 0 Å². The Balaban J connectivity index is 1.34. The zero-order valence-corrected chi connectivity index (χ0v) is 14.2. The largest absolute Gasteiger partial charge is 0.366 e. The third-order valence-electron chi connectivity index (χ3n) is 4.44. The minimum absolute atomic E-state index is 0.0162. The number of nitrogens with zero attached hydrogens (tertiary/aromatic N) is 6. The molecule has 1 aliphatic heterocycles. The van der Waals surface area contributed by atoms with Gasteiger partial charge in [0.25, 0.3) is 5.91 Å². The van der Waals surface area contributed by atoms with E-state index in [1.54, 1.807) is 29.3 Å². The highest BCUT2D eigenvalue weighted by molar-refractivity contribution is 5.94. The second-order valence-corrected chi connectivity index (χ2v) is 6.18. The monoisotopic (exact) mass is 349 g/mol. The van der Waals surface area contributed by atoms with Gasteiger partial charge in [0.1, 0.15) is 5.82 Å². The van der Waals surface area contributed by atoms with Crippen LogP contribution in [0, 0.1) is 0 Å². The summed E-state index contributed by atoms with van der Waals surface area (Å²) in [4.78, 5) is 18.9. The number of piperidine rings is 1. The van der Waals surface area contributed by atoms with Crippen LogP contribution < -0.4 is 5.32 Å². The lowest BCUT2D eigenvalue weighted by atomic mass is 10.0. The van der Waals surface area contributed by atoms with Gasteiger partial charge in [-0.15, -0.1) is 5.10 Å². The van der Waals surface area contributed by atoms with Crippen molar-refractivity contribution >= 4 is 11.7 Å². The average molecular weight is 349 g/mol. The number of nitrogens with one attached hydrogen (secondary N) is 1. The Morgan fingerprint density at radius 1 is 1.12 bits per heavy atom. The number of anilines is 1. The Labute approximate surface area is 150 Å². The molecule has 1 saturated heterocycles. The molecule has 0 aromatic carbocycles. The highest BCUT2D eigenvalue weighted by Crippen LogP contribution is 2.17. The molecular formula is C18H19N7O. The summed E-state index contributed by atoms with van der Waals surface area (Å²) in [5.41, 5.74) is 0.598. The van der Waals surface area contributed by atoms with Gasteiger partial charge in [0, 0.05) is 43.9 Å². The molecule has 0 spiro atoms. The van der Waals surface area contributed by atoms with Crippen LogP contribution in [0.4, 0.5) is 5.82 Å². The summed E-state index contributed by atoms with van der Waals surface area (Å²) in [5.74, 6) is 1.48. The van der Waals surface area contributed by atoms with Crippen molar-refractivity contribution < 1.29 is 4.79 Å². The average Bonchev–Trinajstić information content (AvgIpc) is 3.24. The molecule has 0 bridgehead atoms. The molecule has 0 atom stereocenters. The number of carbonyl (C=O) groups excluding carboxylic acids is 1. The van der Waals surface area contributed by atoms with Crippen LogP contribution in [0.15, 0.2) is 55.1 Å². The second kappa shape index (κ2) is 7.30. The molecule has 1 amide bonds. The number of carbonyl (C=O) groups is 1. The van der Waals surface area contributed by atoms with E-state index in [0.29, 0.717) is 30.5 Å². The minimum atomic E-state index is 0.0162. The molecule has 0 saturated carbocycles. The summed E-state index contributed by atoms with van der Waals surface area (Å²) in [6, 6.07) is 9.50. The lowest BCUT2D eigenvalue weighted by Gasteiger charge is -2.32. The predicted molar refractivity (Wildman–Crippen MR) is 95.9 cm³/mol. The predicted octanol–water partition coefficient (Wildman–Crippen LogP) is 1.77. The Morgan fingerprint density at radius 2 is 2.00 bits per heavy atom. The van der Waals surface area contributed by atoms with Gasteiger partial charge in [0.05, 0.1) is 5.56 Å². The van der Waals surface area contributed by atoms with Crippen molar-refractivity contribution in [1.29, 1.82) is 0 Å². The number of rotatable bonds is 4. The van der Waals surface area contributed by atoms with Crippen molar-refractivity contribution in [3.05, 3.63) is 60.7 Å². The molecule has 0 aliphatic carbocycles. The maximum atomic E-state index is 12.7. The van der Waals surface area contributed by atoms with E-state index in [0.717, 1.165) is 18.7 Å². The molecule has 0 radical (unpaired) electrons. The van der Waals surface area contributed by atoms with Crippen LogP contribution in [0.5, 0.6) is 0 Å². The smallest absolute Gasteiger partial charge is 0.255 e. The number of aromatic nitrogens is 5. The van der Waals surface area contributed by atoms with Gasteiger partial charge in [-0.2, -0.15) is 10.2 Å². The van der Waals surface area contributed by atoms with Gasteiger partial charge < -0.3 is 10.2 Å². The summed E-state index contributed by atoms with van der Waals surface area (Å²) in [6.45, 7) is 1.41. The third-order valence-corrected chi connectivity index (χ3v) is 4.44. The molecule has 132 valence electrons. The van der Waals surface area contributed by atoms with Crippen molar-refractivity contribution in [2.75, 3.05) is 18.4 Å². The van der Waals surface area contributed by atoms with Crippen molar-refractivity contribution in [1.82, 2.24) is 29.9 Å². The summed E-state index contributed by atoms with van der Waals surface area (Å²) >= 11 is 0. The summed E-state index contributed by atoms with van der Waals surface area (Å²) in [5, 5.41) is 15.4. The maximum Gasteiger partial charge on any atom is 0.255 e. The third kappa shape index (κ3) is 3.53. The van der Waals surface area contributed by atoms with Gasteiger partial charge in [-0.25, -0.2) is 9.67 Å². The standard InChI is InChI=1S/C18H19N7O/c26-18(14-4-5-17(19-13-14)25-10-2-9-21-25)24-11-6-15(7-12-24)22-16-3-1-8-20-23-16/h1-5,8-10,13,15H,6-7,11-12H2,(H,22,23). The summed E-state index contributed by atoms with van der Waals surface area (Å²) < 4.78 is 1.66. The molecule has 4 rings (SSSR count). The van der Waals surface area contributed by atoms with Crippen LogP contribution in [0.1, 0.15) is 23.2 Å². The van der Waals surface area contributed by atoms with Crippen LogP contribution in [0.2, 0.25) is 0 Å². The van der Waals surface area contributed by atoms with Crippen molar-refractivity contribution in [2.24, 2.45) is 0 Å². The van der Waals surface area contributed by atoms with Gasteiger partial charge in [-0.3, -0.25) is 4.79 Å². The minimum Gasteiger partial charge on any atom is -0.366 e. The van der Waals surface area contributed by atoms with Crippen LogP contribution in [0.3, 0.4) is 0 Å². The maximum absolute atomic E-state index is 12.7. The molecule has 0 unspecified atom stereocenters. The first-order valence-corrected chi connectivity index (χ1v) is 8.59. The number of likely N-dealkylation sites (tertiary alicyclic amines) is 1. The van der Waals surface area contributed by atoms with E-state index < -0.39 is 0 Å². The first-order chi connectivity index (χ1) is 12.8. The van der Waals surface area contributed by atoms with Crippen molar-refractivity contribution in [2.45, 2.75) is 18.9 Å². The van der Waals surface area contributed by atoms with Gasteiger partial charge in [0.2, 0.25) is 0 Å². The zero-order chi connectivity index (χ0) is 17.8. The van der Waals surface area contributed by atoms with Gasteiger partial charge >= 0.3 is 0 Å². The number of hydrogen-bond acceptors (Lipinski definition) is 6. The lowest BCUT2D eigenvalue weighted by Crippen LogP contribution is -2.42. The fraction of sp³-hybridized carbons (Fsp3) is 0.278. The van der Waals surface area contributed by atoms with E-state index >= 15 is 0 Å². The highest BCUT2D eigenvalue weighted by Gasteiger charge is 2.24. The SMILES string of the molecule is O=C(c1ccc(-n2cccn2)nc1)N1CCC(Nc2cccnn2)CC1.